The van der Waals surface area contributed by atoms with Crippen LogP contribution >= 0.6 is 0 Å². The van der Waals surface area contributed by atoms with E-state index in [4.69, 9.17) is 0 Å². The van der Waals surface area contributed by atoms with Crippen LogP contribution in [0.15, 0.2) is 24.3 Å². The van der Waals surface area contributed by atoms with E-state index in [0.717, 1.165) is 24.3 Å². The summed E-state index contributed by atoms with van der Waals surface area (Å²) < 4.78 is 0. The van der Waals surface area contributed by atoms with Crippen LogP contribution in [0, 0.1) is 20.2 Å². The molecule has 0 bridgehead atoms. The van der Waals surface area contributed by atoms with Crippen molar-refractivity contribution in [3.05, 3.63) is 66.7 Å². The Morgan fingerprint density at radius 2 is 1.29 bits per heavy atom. The summed E-state index contributed by atoms with van der Waals surface area (Å²) in [5.41, 5.74) is -4.46. The number of nitrogens with zero attached hydrogens (tertiary/aromatic N) is 2. The normalized spacial score (nSPS) is 12.5. The van der Waals surface area contributed by atoms with E-state index in [2.05, 4.69) is 0 Å². The lowest BCUT2D eigenvalue weighted by atomic mass is 9.82. The van der Waals surface area contributed by atoms with Gasteiger partial charge in [0.25, 0.3) is 0 Å². The van der Waals surface area contributed by atoms with Gasteiger partial charge >= 0.3 is 11.4 Å². The molecule has 0 aromatic heterocycles. The van der Waals surface area contributed by atoms with Crippen molar-refractivity contribution < 1.29 is 29.6 Å². The summed E-state index contributed by atoms with van der Waals surface area (Å²) in [6.45, 7) is 0. The molecule has 2 N–H and O–H groups in total. The molecule has 0 aliphatic heterocycles. The maximum Gasteiger partial charge on any atom is 0.357 e. The SMILES string of the molecule is O=C1c2ccc([N+](=O)[O-])c([N+](=O)[O-])c2C(=O)c2c(O)ccc(O)c21. The Morgan fingerprint density at radius 3 is 1.79 bits per heavy atom. The van der Waals surface area contributed by atoms with Gasteiger partial charge in [-0.25, -0.2) is 0 Å². The maximum absolute atomic E-state index is 12.6. The molecular formula is C14H6N2O8. The molecule has 0 saturated carbocycles. The molecule has 0 amide bonds. The highest BCUT2D eigenvalue weighted by atomic mass is 16.6. The summed E-state index contributed by atoms with van der Waals surface area (Å²) in [6, 6.07) is 3.58. The molecule has 0 spiro atoms. The van der Waals surface area contributed by atoms with Crippen LogP contribution in [0.3, 0.4) is 0 Å². The van der Waals surface area contributed by atoms with Crippen LogP contribution in [0.5, 0.6) is 11.5 Å². The van der Waals surface area contributed by atoms with Crippen LogP contribution < -0.4 is 0 Å². The summed E-state index contributed by atoms with van der Waals surface area (Å²) in [6.07, 6.45) is 0. The lowest BCUT2D eigenvalue weighted by Gasteiger charge is -2.18. The number of hydrogen-bond acceptors (Lipinski definition) is 8. The second kappa shape index (κ2) is 4.84. The number of phenols is 2. The monoisotopic (exact) mass is 330 g/mol. The zero-order chi connectivity index (χ0) is 17.8. The molecule has 0 radical (unpaired) electrons. The molecule has 24 heavy (non-hydrogen) atoms. The molecule has 10 heteroatoms. The minimum absolute atomic E-state index is 0.453. The van der Waals surface area contributed by atoms with Crippen molar-refractivity contribution >= 4 is 22.9 Å². The van der Waals surface area contributed by atoms with Gasteiger partial charge in [-0.3, -0.25) is 29.8 Å². The summed E-state index contributed by atoms with van der Waals surface area (Å²) in [4.78, 5) is 45.1. The quantitative estimate of drug-likeness (QED) is 0.407. The zero-order valence-corrected chi connectivity index (χ0v) is 11.5. The van der Waals surface area contributed by atoms with E-state index < -0.39 is 66.5 Å². The van der Waals surface area contributed by atoms with Gasteiger partial charge in [-0.2, -0.15) is 0 Å². The Hall–Kier alpha value is -3.82. The number of rotatable bonds is 2. The van der Waals surface area contributed by atoms with Crippen molar-refractivity contribution in [3.63, 3.8) is 0 Å². The minimum Gasteiger partial charge on any atom is -0.507 e. The standard InChI is InChI=1S/C14H6N2O8/c17-7-3-4-8(18)11-10(7)13(19)5-1-2-6(15(21)22)12(16(23)24)9(5)14(11)20/h1-4,17-18H. The highest BCUT2D eigenvalue weighted by Gasteiger charge is 2.43. The van der Waals surface area contributed by atoms with Gasteiger partial charge in [0.15, 0.2) is 5.78 Å². The molecule has 0 heterocycles. The molecule has 0 unspecified atom stereocenters. The highest BCUT2D eigenvalue weighted by Crippen LogP contribution is 2.43. The van der Waals surface area contributed by atoms with Gasteiger partial charge in [-0.05, 0) is 18.2 Å². The first-order valence-electron chi connectivity index (χ1n) is 6.35. The predicted octanol–water partition coefficient (Wildman–Crippen LogP) is 1.69. The summed E-state index contributed by atoms with van der Waals surface area (Å²) in [7, 11) is 0. The molecule has 0 fully saturated rings. The van der Waals surface area contributed by atoms with Gasteiger partial charge in [0.2, 0.25) is 5.78 Å². The number of nitro groups is 2. The van der Waals surface area contributed by atoms with Gasteiger partial charge < -0.3 is 10.2 Å². The second-order valence-corrected chi connectivity index (χ2v) is 4.88. The Morgan fingerprint density at radius 1 is 0.750 bits per heavy atom. The molecule has 1 aliphatic rings. The van der Waals surface area contributed by atoms with Gasteiger partial charge in [0, 0.05) is 11.6 Å². The topological polar surface area (TPSA) is 161 Å². The smallest absolute Gasteiger partial charge is 0.357 e. The van der Waals surface area contributed by atoms with Crippen molar-refractivity contribution in [2.24, 2.45) is 0 Å². The largest absolute Gasteiger partial charge is 0.507 e. The third kappa shape index (κ3) is 1.83. The summed E-state index contributed by atoms with van der Waals surface area (Å²) in [5.74, 6) is -3.37. The number of carbonyl (C=O) groups excluding carboxylic acids is 2. The molecule has 10 nitrogen and oxygen atoms in total. The fourth-order valence-corrected chi connectivity index (χ4v) is 2.63. The fraction of sp³-hybridized carbons (Fsp3) is 0. The summed E-state index contributed by atoms with van der Waals surface area (Å²) >= 11 is 0. The number of carbonyl (C=O) groups is 2. The van der Waals surface area contributed by atoms with Crippen molar-refractivity contribution in [3.8, 4) is 11.5 Å². The average molecular weight is 330 g/mol. The molecule has 120 valence electrons. The Labute approximate surface area is 131 Å². The lowest BCUT2D eigenvalue weighted by molar-refractivity contribution is -0.422. The van der Waals surface area contributed by atoms with E-state index in [0.29, 0.717) is 0 Å². The molecule has 1 aliphatic carbocycles. The molecule has 2 aromatic carbocycles. The number of ketones is 2. The van der Waals surface area contributed by atoms with E-state index in [1.807, 2.05) is 0 Å². The predicted molar refractivity (Wildman–Crippen MR) is 76.4 cm³/mol. The van der Waals surface area contributed by atoms with Crippen molar-refractivity contribution in [1.82, 2.24) is 0 Å². The third-order valence-corrected chi connectivity index (χ3v) is 3.62. The van der Waals surface area contributed by atoms with Crippen molar-refractivity contribution in [1.29, 1.82) is 0 Å². The Bertz CT molecular complexity index is 979. The first-order chi connectivity index (χ1) is 11.3. The maximum atomic E-state index is 12.6. The number of benzene rings is 2. The summed E-state index contributed by atoms with van der Waals surface area (Å²) in [5, 5.41) is 41.8. The average Bonchev–Trinajstić information content (AvgIpc) is 2.53. The fourth-order valence-electron chi connectivity index (χ4n) is 2.63. The van der Waals surface area contributed by atoms with Gasteiger partial charge in [-0.1, -0.05) is 0 Å². The first kappa shape index (κ1) is 15.1. The Kier molecular flexibility index (Phi) is 3.04. The number of fused-ring (bicyclic) bond motifs is 2. The molecule has 3 rings (SSSR count). The van der Waals surface area contributed by atoms with Crippen LogP contribution in [0.4, 0.5) is 11.4 Å². The lowest BCUT2D eigenvalue weighted by Crippen LogP contribution is -2.23. The minimum atomic E-state index is -1.15. The van der Waals surface area contributed by atoms with Gasteiger partial charge in [0.1, 0.15) is 17.1 Å². The number of hydrogen-bond donors (Lipinski definition) is 2. The van der Waals surface area contributed by atoms with Gasteiger partial charge in [-0.15, -0.1) is 0 Å². The van der Waals surface area contributed by atoms with Crippen LogP contribution in [0.25, 0.3) is 0 Å². The third-order valence-electron chi connectivity index (χ3n) is 3.62. The van der Waals surface area contributed by atoms with E-state index in [1.165, 1.54) is 0 Å². The van der Waals surface area contributed by atoms with Gasteiger partial charge in [0.05, 0.1) is 21.0 Å². The molecular weight excluding hydrogens is 324 g/mol. The van der Waals surface area contributed by atoms with Crippen LogP contribution in [0.2, 0.25) is 0 Å². The van der Waals surface area contributed by atoms with Crippen LogP contribution in [0.1, 0.15) is 31.8 Å². The van der Waals surface area contributed by atoms with Crippen molar-refractivity contribution in [2.45, 2.75) is 0 Å². The molecule has 2 aromatic rings. The van der Waals surface area contributed by atoms with E-state index >= 15 is 0 Å². The zero-order valence-electron chi connectivity index (χ0n) is 11.5. The first-order valence-corrected chi connectivity index (χ1v) is 6.35. The molecule has 0 saturated heterocycles. The van der Waals surface area contributed by atoms with E-state index in [1.54, 1.807) is 0 Å². The van der Waals surface area contributed by atoms with Crippen molar-refractivity contribution in [2.75, 3.05) is 0 Å². The number of nitro benzene ring substituents is 2. The van der Waals surface area contributed by atoms with Crippen LogP contribution in [-0.2, 0) is 0 Å². The van der Waals surface area contributed by atoms with Crippen LogP contribution in [-0.4, -0.2) is 31.6 Å². The molecule has 0 atom stereocenters. The van der Waals surface area contributed by atoms with E-state index in [-0.39, 0.29) is 0 Å². The van der Waals surface area contributed by atoms with E-state index in [9.17, 15) is 40.0 Å². The Balaban J connectivity index is 2.46. The number of phenolic OH excluding ortho intramolecular Hbond substituents is 2. The highest BCUT2D eigenvalue weighted by molar-refractivity contribution is 6.31. The number of aromatic hydroxyl groups is 2. The second-order valence-electron chi connectivity index (χ2n) is 4.88.